The number of hydrogen-bond donors (Lipinski definition) is 3. The average Bonchev–Trinajstić information content (AvgIpc) is 2.37. The Labute approximate surface area is 113 Å². The molecule has 0 aromatic heterocycles. The van der Waals surface area contributed by atoms with Gasteiger partial charge in [0.15, 0.2) is 6.04 Å². The summed E-state index contributed by atoms with van der Waals surface area (Å²) in [4.78, 5) is 24.8. The zero-order valence-corrected chi connectivity index (χ0v) is 11.6. The van der Waals surface area contributed by atoms with E-state index in [0.29, 0.717) is 6.54 Å². The number of carbonyl (C=O) groups excluding carboxylic acids is 1. The fraction of sp³-hybridized carbons (Fsp3) is 0.846. The molecule has 1 rings (SSSR count). The first-order chi connectivity index (χ1) is 8.97. The molecule has 1 aliphatic rings. The first-order valence-corrected chi connectivity index (χ1v) is 6.95. The van der Waals surface area contributed by atoms with Gasteiger partial charge in [0.05, 0.1) is 6.10 Å². The summed E-state index contributed by atoms with van der Waals surface area (Å²) in [5.74, 6) is -1.22. The number of amides is 2. The minimum Gasteiger partial charge on any atom is -0.480 e. The van der Waals surface area contributed by atoms with Gasteiger partial charge in [0.25, 0.3) is 0 Å². The van der Waals surface area contributed by atoms with Crippen LogP contribution in [0.25, 0.3) is 0 Å². The minimum atomic E-state index is -1.26. The Morgan fingerprint density at radius 1 is 1.32 bits per heavy atom. The van der Waals surface area contributed by atoms with Crippen LogP contribution < -0.4 is 5.32 Å². The van der Waals surface area contributed by atoms with E-state index in [1.54, 1.807) is 4.90 Å². The quantitative estimate of drug-likeness (QED) is 0.701. The standard InChI is InChI=1S/C13H24N2O4/c1-3-15(10-7-5-4-6-8-10)13(19)14-11(9(2)16)12(17)18/h9-11,16H,3-8H2,1-2H3,(H,14,19)(H,17,18)/t9-,11+/m1/s1. The lowest BCUT2D eigenvalue weighted by Gasteiger charge is -2.34. The molecule has 2 amide bonds. The van der Waals surface area contributed by atoms with Gasteiger partial charge in [-0.05, 0) is 26.7 Å². The van der Waals surface area contributed by atoms with Crippen LogP contribution >= 0.6 is 0 Å². The maximum Gasteiger partial charge on any atom is 0.328 e. The fourth-order valence-corrected chi connectivity index (χ4v) is 2.56. The van der Waals surface area contributed by atoms with Crippen molar-refractivity contribution in [1.82, 2.24) is 10.2 Å². The molecular formula is C13H24N2O4. The summed E-state index contributed by atoms with van der Waals surface area (Å²) in [7, 11) is 0. The number of rotatable bonds is 5. The van der Waals surface area contributed by atoms with Crippen molar-refractivity contribution in [2.24, 2.45) is 0 Å². The van der Waals surface area contributed by atoms with Crippen LogP contribution in [-0.2, 0) is 4.79 Å². The second kappa shape index (κ2) is 7.33. The monoisotopic (exact) mass is 272 g/mol. The number of nitrogens with zero attached hydrogens (tertiary/aromatic N) is 1. The Balaban J connectivity index is 2.64. The minimum absolute atomic E-state index is 0.183. The summed E-state index contributed by atoms with van der Waals surface area (Å²) >= 11 is 0. The Morgan fingerprint density at radius 3 is 2.32 bits per heavy atom. The Morgan fingerprint density at radius 2 is 1.89 bits per heavy atom. The Kier molecular flexibility index (Phi) is 6.08. The Hall–Kier alpha value is -1.30. The number of carbonyl (C=O) groups is 2. The molecule has 0 unspecified atom stereocenters. The van der Waals surface area contributed by atoms with Gasteiger partial charge >= 0.3 is 12.0 Å². The smallest absolute Gasteiger partial charge is 0.328 e. The summed E-state index contributed by atoms with van der Waals surface area (Å²) in [6, 6.07) is -1.48. The normalized spacial score (nSPS) is 19.5. The molecule has 1 saturated carbocycles. The zero-order valence-electron chi connectivity index (χ0n) is 11.6. The van der Waals surface area contributed by atoms with Crippen LogP contribution in [-0.4, -0.2) is 51.8 Å². The van der Waals surface area contributed by atoms with Crippen molar-refractivity contribution in [3.63, 3.8) is 0 Å². The van der Waals surface area contributed by atoms with Gasteiger partial charge in [0.1, 0.15) is 0 Å². The molecule has 0 bridgehead atoms. The second-order valence-corrected chi connectivity index (χ2v) is 5.08. The summed E-state index contributed by atoms with van der Waals surface area (Å²) in [5.41, 5.74) is 0. The van der Waals surface area contributed by atoms with Crippen molar-refractivity contribution in [3.8, 4) is 0 Å². The molecule has 0 aliphatic heterocycles. The first kappa shape index (κ1) is 15.8. The van der Waals surface area contributed by atoms with Crippen molar-refractivity contribution < 1.29 is 19.8 Å². The van der Waals surface area contributed by atoms with Crippen LogP contribution in [0.4, 0.5) is 4.79 Å². The molecule has 6 nitrogen and oxygen atoms in total. The maximum absolute atomic E-state index is 12.1. The van der Waals surface area contributed by atoms with Gasteiger partial charge in [-0.2, -0.15) is 0 Å². The zero-order chi connectivity index (χ0) is 14.4. The van der Waals surface area contributed by atoms with Crippen molar-refractivity contribution in [2.45, 2.75) is 64.1 Å². The number of aliphatic hydroxyl groups is 1. The third-order valence-corrected chi connectivity index (χ3v) is 3.64. The van der Waals surface area contributed by atoms with Gasteiger partial charge in [-0.25, -0.2) is 9.59 Å². The van der Waals surface area contributed by atoms with Gasteiger partial charge < -0.3 is 20.4 Å². The number of hydrogen-bond acceptors (Lipinski definition) is 3. The van der Waals surface area contributed by atoms with Crippen LogP contribution in [0.1, 0.15) is 46.0 Å². The van der Waals surface area contributed by atoms with E-state index in [2.05, 4.69) is 5.32 Å². The molecule has 0 radical (unpaired) electrons. The van der Waals surface area contributed by atoms with Crippen molar-refractivity contribution >= 4 is 12.0 Å². The van der Waals surface area contributed by atoms with Crippen molar-refractivity contribution in [1.29, 1.82) is 0 Å². The van der Waals surface area contributed by atoms with Gasteiger partial charge in [-0.1, -0.05) is 19.3 Å². The van der Waals surface area contributed by atoms with Crippen molar-refractivity contribution in [3.05, 3.63) is 0 Å². The van der Waals surface area contributed by atoms with E-state index in [1.165, 1.54) is 13.3 Å². The van der Waals surface area contributed by atoms with Gasteiger partial charge in [-0.3, -0.25) is 0 Å². The molecule has 0 saturated heterocycles. The molecule has 110 valence electrons. The van der Waals surface area contributed by atoms with E-state index >= 15 is 0 Å². The van der Waals surface area contributed by atoms with Crippen LogP contribution in [0, 0.1) is 0 Å². The first-order valence-electron chi connectivity index (χ1n) is 6.95. The van der Waals surface area contributed by atoms with Gasteiger partial charge in [0, 0.05) is 12.6 Å². The summed E-state index contributed by atoms with van der Waals surface area (Å²) in [6.45, 7) is 3.78. The molecule has 6 heteroatoms. The number of aliphatic carboxylic acids is 1. The number of urea groups is 1. The highest BCUT2D eigenvalue weighted by Gasteiger charge is 2.30. The fourth-order valence-electron chi connectivity index (χ4n) is 2.56. The molecule has 3 N–H and O–H groups in total. The van der Waals surface area contributed by atoms with E-state index < -0.39 is 24.1 Å². The predicted molar refractivity (Wildman–Crippen MR) is 70.9 cm³/mol. The summed E-state index contributed by atoms with van der Waals surface area (Å²) in [5, 5.41) is 20.7. The molecular weight excluding hydrogens is 248 g/mol. The summed E-state index contributed by atoms with van der Waals surface area (Å²) in [6.07, 6.45) is 4.22. The third-order valence-electron chi connectivity index (χ3n) is 3.64. The number of carboxylic acids is 1. The lowest BCUT2D eigenvalue weighted by molar-refractivity contribution is -0.141. The highest BCUT2D eigenvalue weighted by atomic mass is 16.4. The van der Waals surface area contributed by atoms with E-state index in [0.717, 1.165) is 25.7 Å². The topological polar surface area (TPSA) is 89.9 Å². The third kappa shape index (κ3) is 4.38. The maximum atomic E-state index is 12.1. The number of aliphatic hydroxyl groups excluding tert-OH is 1. The number of carboxylic acid groups (broad SMARTS) is 1. The van der Waals surface area contributed by atoms with Crippen molar-refractivity contribution in [2.75, 3.05) is 6.54 Å². The van der Waals surface area contributed by atoms with Crippen LogP contribution in [0.5, 0.6) is 0 Å². The van der Waals surface area contributed by atoms with E-state index in [-0.39, 0.29) is 6.04 Å². The van der Waals surface area contributed by atoms with Crippen LogP contribution in [0.2, 0.25) is 0 Å². The molecule has 0 aromatic rings. The van der Waals surface area contributed by atoms with E-state index in [4.69, 9.17) is 5.11 Å². The molecule has 1 aliphatic carbocycles. The highest BCUT2D eigenvalue weighted by molar-refractivity contribution is 5.83. The second-order valence-electron chi connectivity index (χ2n) is 5.08. The molecule has 19 heavy (non-hydrogen) atoms. The molecule has 0 aromatic carbocycles. The molecule has 0 heterocycles. The molecule has 0 spiro atoms. The van der Waals surface area contributed by atoms with Gasteiger partial charge in [0.2, 0.25) is 0 Å². The van der Waals surface area contributed by atoms with Crippen LogP contribution in [0.3, 0.4) is 0 Å². The largest absolute Gasteiger partial charge is 0.480 e. The predicted octanol–water partition coefficient (Wildman–Crippen LogP) is 1.18. The summed E-state index contributed by atoms with van der Waals surface area (Å²) < 4.78 is 0. The highest BCUT2D eigenvalue weighted by Crippen LogP contribution is 2.22. The SMILES string of the molecule is CCN(C(=O)N[C@H](C(=O)O)[C@@H](C)O)C1CCCCC1. The van der Waals surface area contributed by atoms with Crippen LogP contribution in [0.15, 0.2) is 0 Å². The molecule has 1 fully saturated rings. The lowest BCUT2D eigenvalue weighted by atomic mass is 9.94. The van der Waals surface area contributed by atoms with Gasteiger partial charge in [-0.15, -0.1) is 0 Å². The van der Waals surface area contributed by atoms with E-state index in [1.807, 2.05) is 6.92 Å². The lowest BCUT2D eigenvalue weighted by Crippen LogP contribution is -2.54. The average molecular weight is 272 g/mol. The van der Waals surface area contributed by atoms with E-state index in [9.17, 15) is 14.7 Å². The molecule has 2 atom stereocenters. The number of nitrogens with one attached hydrogen (secondary N) is 1. The Bertz CT molecular complexity index is 314.